The maximum absolute atomic E-state index is 5.70. The van der Waals surface area contributed by atoms with Crippen LogP contribution in [0.2, 0.25) is 5.31 Å². The summed E-state index contributed by atoms with van der Waals surface area (Å²) < 4.78 is 0. The van der Waals surface area contributed by atoms with Gasteiger partial charge < -0.3 is 0 Å². The second kappa shape index (κ2) is 3.93. The first kappa shape index (κ1) is 11.5. The second-order valence-electron chi connectivity index (χ2n) is 4.78. The SMILES string of the molecule is [B]C(C)(C)C=N/C=C\C(C)(C)C. The molecule has 12 heavy (non-hydrogen) atoms. The first-order valence-electron chi connectivity index (χ1n) is 4.22. The number of hydrogen-bond acceptors (Lipinski definition) is 1. The number of rotatable bonds is 2. The molecule has 0 unspecified atom stereocenters. The lowest BCUT2D eigenvalue weighted by molar-refractivity contribution is 0.543. The van der Waals surface area contributed by atoms with Crippen LogP contribution in [0, 0.1) is 5.41 Å². The van der Waals surface area contributed by atoms with Crippen molar-refractivity contribution in [2.24, 2.45) is 10.4 Å². The third kappa shape index (κ3) is 9.47. The zero-order valence-corrected chi connectivity index (χ0v) is 8.76. The van der Waals surface area contributed by atoms with Gasteiger partial charge in [0.05, 0.1) is 7.85 Å². The molecule has 0 heterocycles. The van der Waals surface area contributed by atoms with E-state index in [2.05, 4.69) is 31.8 Å². The van der Waals surface area contributed by atoms with Crippen molar-refractivity contribution in [1.82, 2.24) is 0 Å². The molecule has 0 rings (SSSR count). The van der Waals surface area contributed by atoms with Gasteiger partial charge in [-0.25, -0.2) is 0 Å². The summed E-state index contributed by atoms with van der Waals surface area (Å²) in [6.45, 7) is 10.2. The van der Waals surface area contributed by atoms with Gasteiger partial charge in [-0.15, -0.1) is 0 Å². The number of aliphatic imine (C=N–C) groups is 1. The van der Waals surface area contributed by atoms with Gasteiger partial charge in [-0.3, -0.25) is 4.99 Å². The monoisotopic (exact) mass is 163 g/mol. The van der Waals surface area contributed by atoms with Crippen molar-refractivity contribution in [3.05, 3.63) is 12.3 Å². The molecule has 0 aliphatic heterocycles. The van der Waals surface area contributed by atoms with Crippen LogP contribution in [0.1, 0.15) is 34.6 Å². The lowest BCUT2D eigenvalue weighted by atomic mass is 9.74. The molecule has 0 spiro atoms. The Bertz CT molecular complexity index is 157. The standard InChI is InChI=1S/C10H18BN/c1-9(2,3)6-7-12-8-10(4,5)11/h6-8H,1-5H3/b7-6-,12-8?. The molecule has 0 aromatic heterocycles. The molecule has 0 N–H and O–H groups in total. The van der Waals surface area contributed by atoms with Crippen molar-refractivity contribution >= 4 is 14.1 Å². The van der Waals surface area contributed by atoms with Gasteiger partial charge in [0.25, 0.3) is 0 Å². The molecule has 0 aliphatic rings. The minimum atomic E-state index is -0.317. The number of nitrogens with zero attached hydrogens (tertiary/aromatic N) is 1. The summed E-state index contributed by atoms with van der Waals surface area (Å²) in [5, 5.41) is -0.317. The molecule has 66 valence electrons. The summed E-state index contributed by atoms with van der Waals surface area (Å²) in [5.74, 6) is 0. The van der Waals surface area contributed by atoms with E-state index < -0.39 is 0 Å². The molecule has 2 heteroatoms. The normalized spacial score (nSPS) is 14.8. The summed E-state index contributed by atoms with van der Waals surface area (Å²) in [6.07, 6.45) is 5.60. The Hall–Kier alpha value is -0.525. The third-order valence-corrected chi connectivity index (χ3v) is 1.07. The van der Waals surface area contributed by atoms with Crippen molar-refractivity contribution < 1.29 is 0 Å². The Balaban J connectivity index is 4.00. The summed E-state index contributed by atoms with van der Waals surface area (Å²) in [5.41, 5.74) is 0.191. The first-order chi connectivity index (χ1) is 5.21. The summed E-state index contributed by atoms with van der Waals surface area (Å²) in [4.78, 5) is 4.10. The van der Waals surface area contributed by atoms with Gasteiger partial charge in [0.1, 0.15) is 0 Å². The van der Waals surface area contributed by atoms with E-state index in [0.717, 1.165) is 0 Å². The van der Waals surface area contributed by atoms with Crippen molar-refractivity contribution in [1.29, 1.82) is 0 Å². The van der Waals surface area contributed by atoms with E-state index in [9.17, 15) is 0 Å². The number of allylic oxidation sites excluding steroid dienone is 1. The van der Waals surface area contributed by atoms with Crippen LogP contribution in [0.15, 0.2) is 17.3 Å². The molecule has 0 bridgehead atoms. The van der Waals surface area contributed by atoms with Crippen molar-refractivity contribution in [3.63, 3.8) is 0 Å². The van der Waals surface area contributed by atoms with Crippen molar-refractivity contribution in [3.8, 4) is 0 Å². The molecule has 0 atom stereocenters. The molecule has 0 aromatic carbocycles. The van der Waals surface area contributed by atoms with E-state index in [0.29, 0.717) is 0 Å². The highest BCUT2D eigenvalue weighted by Crippen LogP contribution is 2.16. The predicted molar refractivity (Wildman–Crippen MR) is 56.9 cm³/mol. The van der Waals surface area contributed by atoms with E-state index in [1.54, 1.807) is 12.4 Å². The van der Waals surface area contributed by atoms with E-state index in [4.69, 9.17) is 7.85 Å². The molecular formula is C10H18BN. The van der Waals surface area contributed by atoms with Crippen LogP contribution in [0.5, 0.6) is 0 Å². The Morgan fingerprint density at radius 2 is 1.58 bits per heavy atom. The van der Waals surface area contributed by atoms with Crippen LogP contribution in [0.3, 0.4) is 0 Å². The van der Waals surface area contributed by atoms with Crippen LogP contribution >= 0.6 is 0 Å². The van der Waals surface area contributed by atoms with Gasteiger partial charge in [-0.1, -0.05) is 40.7 Å². The fraction of sp³-hybridized carbons (Fsp3) is 0.700. The van der Waals surface area contributed by atoms with Crippen molar-refractivity contribution in [2.75, 3.05) is 0 Å². The van der Waals surface area contributed by atoms with E-state index in [-0.39, 0.29) is 10.7 Å². The van der Waals surface area contributed by atoms with Crippen LogP contribution in [0.4, 0.5) is 0 Å². The average molecular weight is 163 g/mol. The molecule has 0 amide bonds. The predicted octanol–water partition coefficient (Wildman–Crippen LogP) is 2.98. The lowest BCUT2D eigenvalue weighted by Crippen LogP contribution is -2.02. The topological polar surface area (TPSA) is 12.4 Å². The minimum Gasteiger partial charge on any atom is -0.270 e. The Morgan fingerprint density at radius 1 is 1.08 bits per heavy atom. The lowest BCUT2D eigenvalue weighted by Gasteiger charge is -2.11. The van der Waals surface area contributed by atoms with Gasteiger partial charge in [0.15, 0.2) is 0 Å². The third-order valence-electron chi connectivity index (χ3n) is 1.07. The van der Waals surface area contributed by atoms with Gasteiger partial charge in [-0.2, -0.15) is 0 Å². The zero-order valence-electron chi connectivity index (χ0n) is 8.76. The molecule has 0 aliphatic carbocycles. The molecule has 0 saturated heterocycles. The summed E-state index contributed by atoms with van der Waals surface area (Å²) >= 11 is 0. The average Bonchev–Trinajstić information content (AvgIpc) is 1.76. The van der Waals surface area contributed by atoms with Crippen LogP contribution in [-0.2, 0) is 0 Å². The van der Waals surface area contributed by atoms with E-state index >= 15 is 0 Å². The van der Waals surface area contributed by atoms with Crippen molar-refractivity contribution in [2.45, 2.75) is 39.9 Å². The molecular weight excluding hydrogens is 145 g/mol. The summed E-state index contributed by atoms with van der Waals surface area (Å²) in [7, 11) is 5.70. The maximum Gasteiger partial charge on any atom is 0.0815 e. The Kier molecular flexibility index (Phi) is 3.76. The quantitative estimate of drug-likeness (QED) is 0.438. The largest absolute Gasteiger partial charge is 0.270 e. The highest BCUT2D eigenvalue weighted by molar-refractivity contribution is 6.24. The highest BCUT2D eigenvalue weighted by atomic mass is 14.7. The first-order valence-corrected chi connectivity index (χ1v) is 4.22. The summed E-state index contributed by atoms with van der Waals surface area (Å²) in [6, 6.07) is 0. The fourth-order valence-electron chi connectivity index (χ4n) is 0.502. The molecule has 2 radical (unpaired) electrons. The van der Waals surface area contributed by atoms with Crippen LogP contribution < -0.4 is 0 Å². The van der Waals surface area contributed by atoms with Crippen LogP contribution in [0.25, 0.3) is 0 Å². The highest BCUT2D eigenvalue weighted by Gasteiger charge is 2.04. The smallest absolute Gasteiger partial charge is 0.0815 e. The number of hydrogen-bond donors (Lipinski definition) is 0. The minimum absolute atomic E-state index is 0.191. The zero-order chi connectivity index (χ0) is 9.83. The molecule has 0 fully saturated rings. The van der Waals surface area contributed by atoms with E-state index in [1.165, 1.54) is 0 Å². The second-order valence-corrected chi connectivity index (χ2v) is 4.78. The van der Waals surface area contributed by atoms with Crippen LogP contribution in [-0.4, -0.2) is 14.1 Å². The van der Waals surface area contributed by atoms with Gasteiger partial charge in [0.2, 0.25) is 0 Å². The molecule has 1 nitrogen and oxygen atoms in total. The maximum atomic E-state index is 5.70. The van der Waals surface area contributed by atoms with E-state index in [1.807, 2.05) is 13.8 Å². The Morgan fingerprint density at radius 3 is 1.92 bits per heavy atom. The Labute approximate surface area is 77.4 Å². The fourth-order valence-corrected chi connectivity index (χ4v) is 0.502. The molecule has 0 aromatic rings. The van der Waals surface area contributed by atoms with Gasteiger partial charge in [0, 0.05) is 12.4 Å². The van der Waals surface area contributed by atoms with Gasteiger partial charge in [-0.05, 0) is 10.7 Å². The molecule has 0 saturated carbocycles. The van der Waals surface area contributed by atoms with Gasteiger partial charge >= 0.3 is 0 Å².